The molecular formula is C11H18N2O2S. The lowest BCUT2D eigenvalue weighted by molar-refractivity contribution is 0.479. The minimum Gasteiger partial charge on any atom is -0.326 e. The Morgan fingerprint density at radius 2 is 2.06 bits per heavy atom. The Morgan fingerprint density at radius 1 is 1.44 bits per heavy atom. The lowest BCUT2D eigenvalue weighted by Crippen LogP contribution is -2.50. The summed E-state index contributed by atoms with van der Waals surface area (Å²) >= 11 is 0. The fourth-order valence-electron chi connectivity index (χ4n) is 1.26. The number of sulfone groups is 1. The summed E-state index contributed by atoms with van der Waals surface area (Å²) in [6.45, 7) is 3.30. The highest BCUT2D eigenvalue weighted by atomic mass is 32.2. The molecule has 0 aliphatic carbocycles. The summed E-state index contributed by atoms with van der Waals surface area (Å²) in [6.07, 6.45) is 3.35. The summed E-state index contributed by atoms with van der Waals surface area (Å²) in [5.74, 6) is 0. The van der Waals surface area contributed by atoms with Crippen molar-refractivity contribution in [3.8, 4) is 0 Å². The number of nitrogens with two attached hydrogens (primary N) is 1. The molecule has 0 aromatic carbocycles. The van der Waals surface area contributed by atoms with E-state index in [9.17, 15) is 8.42 Å². The van der Waals surface area contributed by atoms with Gasteiger partial charge in [0.2, 0.25) is 0 Å². The van der Waals surface area contributed by atoms with Gasteiger partial charge >= 0.3 is 0 Å². The molecule has 4 nitrogen and oxygen atoms in total. The molecule has 1 aromatic rings. The number of nitrogens with zero attached hydrogens (tertiary/aromatic N) is 1. The summed E-state index contributed by atoms with van der Waals surface area (Å²) in [5.41, 5.74) is 6.76. The van der Waals surface area contributed by atoms with Gasteiger partial charge < -0.3 is 5.73 Å². The van der Waals surface area contributed by atoms with Crippen molar-refractivity contribution in [2.24, 2.45) is 5.73 Å². The van der Waals surface area contributed by atoms with Crippen LogP contribution in [-0.4, -0.2) is 30.4 Å². The van der Waals surface area contributed by atoms with Crippen LogP contribution in [0.5, 0.6) is 0 Å². The van der Waals surface area contributed by atoms with Gasteiger partial charge in [-0.05, 0) is 26.0 Å². The molecular weight excluding hydrogens is 224 g/mol. The first-order chi connectivity index (χ1) is 7.25. The van der Waals surface area contributed by atoms with Gasteiger partial charge in [0.25, 0.3) is 0 Å². The Labute approximate surface area is 96.8 Å². The minimum atomic E-state index is -3.17. The van der Waals surface area contributed by atoms with E-state index in [2.05, 4.69) is 4.98 Å². The maximum absolute atomic E-state index is 11.6. The van der Waals surface area contributed by atoms with E-state index < -0.39 is 20.6 Å². The largest absolute Gasteiger partial charge is 0.326 e. The number of hydrogen-bond acceptors (Lipinski definition) is 4. The Hall–Kier alpha value is -0.940. The van der Waals surface area contributed by atoms with Gasteiger partial charge in [-0.25, -0.2) is 8.42 Å². The predicted molar refractivity (Wildman–Crippen MR) is 64.8 cm³/mol. The maximum atomic E-state index is 11.6. The van der Waals surface area contributed by atoms with Crippen LogP contribution in [0.15, 0.2) is 24.4 Å². The molecule has 5 heteroatoms. The molecule has 0 saturated heterocycles. The van der Waals surface area contributed by atoms with Crippen LogP contribution in [0, 0.1) is 0 Å². The Morgan fingerprint density at radius 3 is 2.50 bits per heavy atom. The molecule has 1 rings (SSSR count). The molecule has 16 heavy (non-hydrogen) atoms. The van der Waals surface area contributed by atoms with Gasteiger partial charge in [-0.15, -0.1) is 0 Å². The van der Waals surface area contributed by atoms with E-state index in [1.54, 1.807) is 20.0 Å². The molecule has 0 fully saturated rings. The zero-order valence-corrected chi connectivity index (χ0v) is 10.7. The second-order valence-corrected chi connectivity index (χ2v) is 7.10. The van der Waals surface area contributed by atoms with Gasteiger partial charge in [-0.3, -0.25) is 4.98 Å². The molecule has 0 saturated carbocycles. The molecule has 0 spiro atoms. The van der Waals surface area contributed by atoms with Gasteiger partial charge in [0.15, 0.2) is 9.84 Å². The quantitative estimate of drug-likeness (QED) is 0.846. The zero-order valence-electron chi connectivity index (χ0n) is 9.84. The van der Waals surface area contributed by atoms with Crippen LogP contribution in [0.4, 0.5) is 0 Å². The van der Waals surface area contributed by atoms with Crippen molar-refractivity contribution in [1.82, 2.24) is 4.98 Å². The molecule has 0 bridgehead atoms. The van der Waals surface area contributed by atoms with E-state index in [1.165, 1.54) is 6.26 Å². The Bertz CT molecular complexity index is 440. The van der Waals surface area contributed by atoms with Crippen molar-refractivity contribution in [2.45, 2.75) is 31.1 Å². The highest BCUT2D eigenvalue weighted by Crippen LogP contribution is 2.20. The molecule has 0 radical (unpaired) electrons. The van der Waals surface area contributed by atoms with Crippen LogP contribution in [-0.2, 0) is 16.3 Å². The highest BCUT2D eigenvalue weighted by molar-refractivity contribution is 7.92. The summed E-state index contributed by atoms with van der Waals surface area (Å²) in [4.78, 5) is 4.14. The van der Waals surface area contributed by atoms with E-state index in [4.69, 9.17) is 5.73 Å². The first kappa shape index (κ1) is 13.1. The number of rotatable bonds is 4. The predicted octanol–water partition coefficient (Wildman–Crippen LogP) is 0.775. The van der Waals surface area contributed by atoms with Crippen molar-refractivity contribution in [1.29, 1.82) is 0 Å². The molecule has 1 heterocycles. The maximum Gasteiger partial charge on any atom is 0.154 e. The van der Waals surface area contributed by atoms with E-state index in [1.807, 2.05) is 18.2 Å². The smallest absolute Gasteiger partial charge is 0.154 e. The minimum absolute atomic E-state index is 0.459. The third-order valence-corrected chi connectivity index (χ3v) is 5.22. The van der Waals surface area contributed by atoms with Crippen molar-refractivity contribution in [2.75, 3.05) is 6.26 Å². The zero-order chi connectivity index (χ0) is 12.4. The van der Waals surface area contributed by atoms with Crippen molar-refractivity contribution >= 4 is 9.84 Å². The summed E-state index contributed by atoms with van der Waals surface area (Å²) < 4.78 is 22.2. The standard InChI is InChI=1S/C11H18N2O2S/c1-11(2,16(3,14)15)10(12)8-9-6-4-5-7-13-9/h4-7,10H,8,12H2,1-3H3. The van der Waals surface area contributed by atoms with Gasteiger partial charge in [0, 0.05) is 30.6 Å². The van der Waals surface area contributed by atoms with Crippen molar-refractivity contribution in [3.05, 3.63) is 30.1 Å². The lowest BCUT2D eigenvalue weighted by atomic mass is 9.99. The first-order valence-corrected chi connectivity index (χ1v) is 6.99. The topological polar surface area (TPSA) is 73.0 Å². The molecule has 0 amide bonds. The fourth-order valence-corrected chi connectivity index (χ4v) is 1.90. The van der Waals surface area contributed by atoms with Crippen molar-refractivity contribution < 1.29 is 8.42 Å². The number of pyridine rings is 1. The lowest BCUT2D eigenvalue weighted by Gasteiger charge is -2.29. The van der Waals surface area contributed by atoms with Crippen LogP contribution >= 0.6 is 0 Å². The fraction of sp³-hybridized carbons (Fsp3) is 0.545. The van der Waals surface area contributed by atoms with Crippen molar-refractivity contribution in [3.63, 3.8) is 0 Å². The van der Waals surface area contributed by atoms with Crippen LogP contribution < -0.4 is 5.73 Å². The Kier molecular flexibility index (Phi) is 3.70. The first-order valence-electron chi connectivity index (χ1n) is 5.10. The van der Waals surface area contributed by atoms with Crippen LogP contribution in [0.1, 0.15) is 19.5 Å². The average molecular weight is 242 g/mol. The SMILES string of the molecule is CC(C)(C(N)Cc1ccccn1)S(C)(=O)=O. The van der Waals surface area contributed by atoms with E-state index >= 15 is 0 Å². The Balaban J connectivity index is 2.85. The molecule has 0 aliphatic rings. The number of hydrogen-bond donors (Lipinski definition) is 1. The second-order valence-electron chi connectivity index (χ2n) is 4.51. The highest BCUT2D eigenvalue weighted by Gasteiger charge is 2.36. The molecule has 1 unspecified atom stereocenters. The van der Waals surface area contributed by atoms with E-state index in [0.717, 1.165) is 5.69 Å². The summed E-state index contributed by atoms with van der Waals surface area (Å²) in [5, 5.41) is 0. The van der Waals surface area contributed by atoms with E-state index in [0.29, 0.717) is 6.42 Å². The molecule has 90 valence electrons. The second kappa shape index (κ2) is 4.51. The molecule has 2 N–H and O–H groups in total. The van der Waals surface area contributed by atoms with Crippen LogP contribution in [0.25, 0.3) is 0 Å². The van der Waals surface area contributed by atoms with Gasteiger partial charge in [-0.1, -0.05) is 6.07 Å². The molecule has 1 aromatic heterocycles. The number of aromatic nitrogens is 1. The summed E-state index contributed by atoms with van der Waals surface area (Å²) in [7, 11) is -3.17. The van der Waals surface area contributed by atoms with Gasteiger partial charge in [0.1, 0.15) is 0 Å². The molecule has 0 aliphatic heterocycles. The molecule has 1 atom stereocenters. The van der Waals surface area contributed by atoms with Gasteiger partial charge in [0.05, 0.1) is 4.75 Å². The third kappa shape index (κ3) is 2.80. The third-order valence-electron chi connectivity index (χ3n) is 3.00. The monoisotopic (exact) mass is 242 g/mol. The average Bonchev–Trinajstić information content (AvgIpc) is 2.17. The van der Waals surface area contributed by atoms with Gasteiger partial charge in [-0.2, -0.15) is 0 Å². The van der Waals surface area contributed by atoms with E-state index in [-0.39, 0.29) is 0 Å². The summed E-state index contributed by atoms with van der Waals surface area (Å²) in [6, 6.07) is 5.06. The van der Waals surface area contributed by atoms with Crippen LogP contribution in [0.2, 0.25) is 0 Å². The normalized spacial score (nSPS) is 14.8. The van der Waals surface area contributed by atoms with Crippen LogP contribution in [0.3, 0.4) is 0 Å².